The molecular formula is C30H31N9O2S4. The molecule has 0 radical (unpaired) electrons. The summed E-state index contributed by atoms with van der Waals surface area (Å²) in [5.74, 6) is 0. The summed E-state index contributed by atoms with van der Waals surface area (Å²) in [6.45, 7) is 5.75. The van der Waals surface area contributed by atoms with Gasteiger partial charge in [-0.25, -0.2) is 9.59 Å². The number of fused-ring (bicyclic) bond motifs is 1. The van der Waals surface area contributed by atoms with E-state index in [0.29, 0.717) is 32.8 Å². The fourth-order valence-electron chi connectivity index (χ4n) is 4.54. The van der Waals surface area contributed by atoms with Gasteiger partial charge in [-0.05, 0) is 49.6 Å². The van der Waals surface area contributed by atoms with Crippen molar-refractivity contribution in [2.45, 2.75) is 27.0 Å². The molecule has 0 bridgehead atoms. The summed E-state index contributed by atoms with van der Waals surface area (Å²) in [6.07, 6.45) is 19.3. The molecule has 0 fully saturated rings. The average Bonchev–Trinajstić information content (AvgIpc) is 3.64. The zero-order valence-electron chi connectivity index (χ0n) is 25.3. The fraction of sp³-hybridized carbons (Fsp3) is 0.167. The Hall–Kier alpha value is -3.89. The Labute approximate surface area is 278 Å². The van der Waals surface area contributed by atoms with E-state index in [4.69, 9.17) is 0 Å². The second kappa shape index (κ2) is 14.5. The lowest BCUT2D eigenvalue weighted by atomic mass is 10.4. The first-order valence-corrected chi connectivity index (χ1v) is 17.1. The predicted molar refractivity (Wildman–Crippen MR) is 188 cm³/mol. The molecule has 0 saturated carbocycles. The van der Waals surface area contributed by atoms with E-state index in [1.54, 1.807) is 80.6 Å². The quantitative estimate of drug-likeness (QED) is 0.0838. The molecule has 0 atom stereocenters. The first kappa shape index (κ1) is 32.5. The van der Waals surface area contributed by atoms with Crippen molar-refractivity contribution in [1.29, 1.82) is 0 Å². The van der Waals surface area contributed by atoms with Gasteiger partial charge in [-0.15, -0.1) is 14.9 Å². The monoisotopic (exact) mass is 677 g/mol. The third-order valence-electron chi connectivity index (χ3n) is 6.22. The Balaban J connectivity index is 1.68. The highest BCUT2D eigenvalue weighted by Gasteiger charge is 2.36. The number of pyridine rings is 2. The molecule has 4 aromatic heterocycles. The van der Waals surface area contributed by atoms with Crippen LogP contribution < -0.4 is 11.4 Å². The number of thioether (sulfide) groups is 1. The lowest BCUT2D eigenvalue weighted by molar-refractivity contribution is 0.562. The maximum atomic E-state index is 14.1. The minimum Gasteiger partial charge on any atom is -0.382 e. The Kier molecular flexibility index (Phi) is 10.5. The van der Waals surface area contributed by atoms with Gasteiger partial charge in [0.1, 0.15) is 20.1 Å². The van der Waals surface area contributed by atoms with Gasteiger partial charge in [0.25, 0.3) is 0 Å². The van der Waals surface area contributed by atoms with Crippen molar-refractivity contribution < 1.29 is 0 Å². The number of aromatic nitrogens is 6. The molecule has 0 spiro atoms. The summed E-state index contributed by atoms with van der Waals surface area (Å²) in [5, 5.41) is 2.89. The maximum absolute atomic E-state index is 14.1. The molecular weight excluding hydrogens is 647 g/mol. The fourth-order valence-corrected chi connectivity index (χ4v) is 9.20. The van der Waals surface area contributed by atoms with Gasteiger partial charge in [0.15, 0.2) is 0 Å². The predicted octanol–water partition coefficient (Wildman–Crippen LogP) is 5.80. The van der Waals surface area contributed by atoms with Crippen LogP contribution >= 0.6 is 47.6 Å². The van der Waals surface area contributed by atoms with E-state index in [2.05, 4.69) is 21.5 Å². The molecule has 5 heterocycles. The molecule has 1 aliphatic rings. The molecule has 0 aromatic carbocycles. The SMILES string of the molecule is C=C/C=C(\C=NC)n1c(SC)c(SN2Sc3c(n(-c4cccnc4)c(=O)n3/C(C=CC)=C/N(C)C)S2)n(-c2cccnc2)c1=O. The van der Waals surface area contributed by atoms with Crippen molar-refractivity contribution in [2.75, 3.05) is 27.4 Å². The van der Waals surface area contributed by atoms with Crippen molar-refractivity contribution in [3.05, 3.63) is 107 Å². The van der Waals surface area contributed by atoms with Crippen molar-refractivity contribution >= 4 is 65.2 Å². The average molecular weight is 678 g/mol. The lowest BCUT2D eigenvalue weighted by Crippen LogP contribution is -2.25. The molecule has 15 heteroatoms. The van der Waals surface area contributed by atoms with Crippen LogP contribution in [0.3, 0.4) is 0 Å². The second-order valence-corrected chi connectivity index (χ2v) is 13.8. The maximum Gasteiger partial charge on any atom is 0.339 e. The van der Waals surface area contributed by atoms with Crippen LogP contribution in [0, 0.1) is 0 Å². The van der Waals surface area contributed by atoms with Crippen LogP contribution in [0.15, 0.2) is 121 Å². The zero-order valence-corrected chi connectivity index (χ0v) is 28.5. The van der Waals surface area contributed by atoms with Crippen LogP contribution in [0.4, 0.5) is 0 Å². The van der Waals surface area contributed by atoms with Crippen molar-refractivity contribution in [2.24, 2.45) is 4.99 Å². The summed E-state index contributed by atoms with van der Waals surface area (Å²) in [7, 11) is 5.50. The number of hydrogen-bond donors (Lipinski definition) is 0. The van der Waals surface area contributed by atoms with Crippen LogP contribution in [0.1, 0.15) is 6.92 Å². The van der Waals surface area contributed by atoms with Crippen molar-refractivity contribution in [1.82, 2.24) is 36.3 Å². The Morgan fingerprint density at radius 3 is 2.16 bits per heavy atom. The Morgan fingerprint density at radius 2 is 1.60 bits per heavy atom. The van der Waals surface area contributed by atoms with Crippen LogP contribution in [-0.4, -0.2) is 69.9 Å². The molecule has 0 N–H and O–H groups in total. The van der Waals surface area contributed by atoms with Gasteiger partial charge in [0.2, 0.25) is 0 Å². The molecule has 4 aromatic rings. The molecule has 45 heavy (non-hydrogen) atoms. The first-order chi connectivity index (χ1) is 21.8. The number of imidazole rings is 2. The highest BCUT2D eigenvalue weighted by molar-refractivity contribution is 8.27. The van der Waals surface area contributed by atoms with E-state index in [-0.39, 0.29) is 11.4 Å². The van der Waals surface area contributed by atoms with Gasteiger partial charge in [0, 0.05) is 81.8 Å². The number of aliphatic imine (C=N–C) groups is 1. The van der Waals surface area contributed by atoms with E-state index in [1.807, 2.05) is 65.8 Å². The van der Waals surface area contributed by atoms with E-state index in [9.17, 15) is 9.59 Å². The summed E-state index contributed by atoms with van der Waals surface area (Å²) < 4.78 is 8.65. The Bertz CT molecular complexity index is 1940. The minimum absolute atomic E-state index is 0.204. The molecule has 1 aliphatic heterocycles. The van der Waals surface area contributed by atoms with Gasteiger partial charge in [-0.3, -0.25) is 33.2 Å². The van der Waals surface area contributed by atoms with Crippen molar-refractivity contribution in [3.8, 4) is 11.4 Å². The minimum atomic E-state index is -0.268. The van der Waals surface area contributed by atoms with Gasteiger partial charge in [0.05, 0.1) is 35.2 Å². The molecule has 11 nitrogen and oxygen atoms in total. The normalized spacial score (nSPS) is 14.2. The third-order valence-corrected chi connectivity index (χ3v) is 10.7. The van der Waals surface area contributed by atoms with Gasteiger partial charge < -0.3 is 4.90 Å². The molecule has 0 unspecified atom stereocenters. The second-order valence-electron chi connectivity index (χ2n) is 9.48. The Morgan fingerprint density at radius 1 is 0.956 bits per heavy atom. The molecule has 232 valence electrons. The highest BCUT2D eigenvalue weighted by Crippen LogP contribution is 2.54. The number of nitrogens with zero attached hydrogens (tertiary/aromatic N) is 9. The topological polar surface area (TPSA) is 98.5 Å². The third kappa shape index (κ3) is 6.44. The van der Waals surface area contributed by atoms with E-state index in [1.165, 1.54) is 47.6 Å². The molecule has 5 rings (SSSR count). The first-order valence-electron chi connectivity index (χ1n) is 13.5. The zero-order chi connectivity index (χ0) is 32.1. The summed E-state index contributed by atoms with van der Waals surface area (Å²) in [6, 6.07) is 7.31. The number of hydrogen-bond acceptors (Lipinski definition) is 11. The summed E-state index contributed by atoms with van der Waals surface area (Å²) >= 11 is 5.67. The standard InChI is InChI=1S/C30H31N9O2S4/c1-7-11-21(17-31-3)35-25(42-6)26(36(29(35)40)22-13-9-15-32-18-22)43-39-44-27-28(45-39)38(24(12-8-2)20-34(4)5)30(41)37(27)23-14-10-16-33-19-23/h7-20H,1H2,2-6H3/b12-8?,21-11+,24-20+,31-17?. The van der Waals surface area contributed by atoms with Crippen LogP contribution in [0.5, 0.6) is 0 Å². The molecule has 0 aliphatic carbocycles. The lowest BCUT2D eigenvalue weighted by Gasteiger charge is -2.16. The summed E-state index contributed by atoms with van der Waals surface area (Å²) in [4.78, 5) is 42.8. The highest BCUT2D eigenvalue weighted by atomic mass is 32.3. The van der Waals surface area contributed by atoms with Crippen LogP contribution in [0.25, 0.3) is 22.8 Å². The van der Waals surface area contributed by atoms with Gasteiger partial charge >= 0.3 is 11.4 Å². The largest absolute Gasteiger partial charge is 0.382 e. The van der Waals surface area contributed by atoms with Crippen LogP contribution in [0.2, 0.25) is 0 Å². The number of rotatable bonds is 11. The van der Waals surface area contributed by atoms with E-state index >= 15 is 0 Å². The molecule has 0 saturated heterocycles. The van der Waals surface area contributed by atoms with Crippen LogP contribution in [-0.2, 0) is 0 Å². The smallest absolute Gasteiger partial charge is 0.339 e. The molecule has 0 amide bonds. The van der Waals surface area contributed by atoms with Crippen molar-refractivity contribution in [3.63, 3.8) is 0 Å². The van der Waals surface area contributed by atoms with Gasteiger partial charge in [-0.2, -0.15) is 0 Å². The van der Waals surface area contributed by atoms with Gasteiger partial charge in [-0.1, -0.05) is 18.7 Å². The van der Waals surface area contributed by atoms with E-state index < -0.39 is 0 Å². The van der Waals surface area contributed by atoms with E-state index in [0.717, 1.165) is 10.1 Å². The summed E-state index contributed by atoms with van der Waals surface area (Å²) in [5.41, 5.74) is 2.10. The number of allylic oxidation sites excluding steroid dienone is 6.